The van der Waals surface area contributed by atoms with E-state index in [4.69, 9.17) is 9.57 Å². The molecule has 2 aromatic carbocycles. The number of fused-ring (bicyclic) bond motifs is 1. The van der Waals surface area contributed by atoms with Gasteiger partial charge in [0.1, 0.15) is 5.75 Å². The number of oxime groups is 1. The second kappa shape index (κ2) is 9.04. The lowest BCUT2D eigenvalue weighted by atomic mass is 9.88. The molecular formula is C21H24N2O3. The van der Waals surface area contributed by atoms with Crippen molar-refractivity contribution >= 4 is 12.1 Å². The molecule has 1 aliphatic carbocycles. The summed E-state index contributed by atoms with van der Waals surface area (Å²) in [6.45, 7) is 2.40. The number of aryl methyl sites for hydroxylation is 1. The van der Waals surface area contributed by atoms with Crippen LogP contribution in [0, 0.1) is 0 Å². The summed E-state index contributed by atoms with van der Waals surface area (Å²) < 4.78 is 5.52. The van der Waals surface area contributed by atoms with E-state index in [1.54, 1.807) is 6.21 Å². The molecule has 0 aliphatic heterocycles. The third-order valence-corrected chi connectivity index (χ3v) is 4.39. The summed E-state index contributed by atoms with van der Waals surface area (Å²) in [5.41, 5.74) is 3.34. The van der Waals surface area contributed by atoms with Gasteiger partial charge in [-0.2, -0.15) is 0 Å². The first kappa shape index (κ1) is 18.0. The molecule has 3 rings (SSSR count). The van der Waals surface area contributed by atoms with Gasteiger partial charge in [-0.15, -0.1) is 0 Å². The van der Waals surface area contributed by atoms with Crippen LogP contribution in [0.4, 0.5) is 0 Å². The molecular weight excluding hydrogens is 328 g/mol. The molecule has 5 nitrogen and oxygen atoms in total. The molecule has 0 spiro atoms. The van der Waals surface area contributed by atoms with E-state index in [9.17, 15) is 4.79 Å². The fourth-order valence-electron chi connectivity index (χ4n) is 3.20. The summed E-state index contributed by atoms with van der Waals surface area (Å²) in [6.07, 6.45) is 4.67. The Morgan fingerprint density at radius 2 is 2.04 bits per heavy atom. The predicted octanol–water partition coefficient (Wildman–Crippen LogP) is 3.63. The SMILES string of the molecule is CCOc1ccccc1C=NOCC(=O)NC1CCCc2ccccc21. The van der Waals surface area contributed by atoms with Crippen LogP contribution >= 0.6 is 0 Å². The van der Waals surface area contributed by atoms with E-state index in [1.807, 2.05) is 43.3 Å². The van der Waals surface area contributed by atoms with Crippen LogP contribution in [0.2, 0.25) is 0 Å². The molecule has 1 N–H and O–H groups in total. The van der Waals surface area contributed by atoms with E-state index < -0.39 is 0 Å². The zero-order valence-corrected chi connectivity index (χ0v) is 15.0. The number of carbonyl (C=O) groups is 1. The Labute approximate surface area is 154 Å². The number of nitrogens with one attached hydrogen (secondary N) is 1. The Morgan fingerprint density at radius 1 is 1.23 bits per heavy atom. The minimum Gasteiger partial charge on any atom is -0.493 e. The van der Waals surface area contributed by atoms with Crippen molar-refractivity contribution in [2.45, 2.75) is 32.2 Å². The molecule has 1 unspecified atom stereocenters. The molecule has 1 amide bonds. The lowest BCUT2D eigenvalue weighted by Crippen LogP contribution is -2.33. The highest BCUT2D eigenvalue weighted by Crippen LogP contribution is 2.29. The van der Waals surface area contributed by atoms with Gasteiger partial charge in [-0.1, -0.05) is 41.6 Å². The van der Waals surface area contributed by atoms with Crippen LogP contribution in [0.25, 0.3) is 0 Å². The van der Waals surface area contributed by atoms with Crippen LogP contribution < -0.4 is 10.1 Å². The number of nitrogens with zero attached hydrogens (tertiary/aromatic N) is 1. The maximum absolute atomic E-state index is 12.2. The third kappa shape index (κ3) is 4.63. The Bertz CT molecular complexity index is 773. The molecule has 0 radical (unpaired) electrons. The fourth-order valence-corrected chi connectivity index (χ4v) is 3.20. The second-order valence-corrected chi connectivity index (χ2v) is 6.19. The molecule has 1 aliphatic rings. The first-order valence-electron chi connectivity index (χ1n) is 9.02. The summed E-state index contributed by atoms with van der Waals surface area (Å²) in [7, 11) is 0. The number of amides is 1. The van der Waals surface area contributed by atoms with E-state index in [-0.39, 0.29) is 18.6 Å². The van der Waals surface area contributed by atoms with E-state index >= 15 is 0 Å². The number of benzene rings is 2. The molecule has 0 saturated carbocycles. The lowest BCUT2D eigenvalue weighted by molar-refractivity contribution is -0.126. The molecule has 0 saturated heterocycles. The van der Waals surface area contributed by atoms with Crippen molar-refractivity contribution in [2.24, 2.45) is 5.16 Å². The van der Waals surface area contributed by atoms with Gasteiger partial charge in [0.2, 0.25) is 0 Å². The zero-order chi connectivity index (χ0) is 18.2. The number of hydrogen-bond acceptors (Lipinski definition) is 4. The van der Waals surface area contributed by atoms with Gasteiger partial charge in [-0.3, -0.25) is 4.79 Å². The number of rotatable bonds is 7. The standard InChI is InChI=1S/C21H24N2O3/c1-2-25-20-13-6-4-9-17(20)14-22-26-15-21(24)23-19-12-7-10-16-8-3-5-11-18(16)19/h3-6,8-9,11,13-14,19H,2,7,10,12,15H2,1H3,(H,23,24). The van der Waals surface area contributed by atoms with E-state index in [0.29, 0.717) is 6.61 Å². The number of para-hydroxylation sites is 1. The lowest BCUT2D eigenvalue weighted by Gasteiger charge is -2.26. The summed E-state index contributed by atoms with van der Waals surface area (Å²) in [5, 5.41) is 6.94. The highest BCUT2D eigenvalue weighted by molar-refractivity contribution is 5.83. The molecule has 136 valence electrons. The largest absolute Gasteiger partial charge is 0.493 e. The van der Waals surface area contributed by atoms with Gasteiger partial charge in [0.05, 0.1) is 18.9 Å². The predicted molar refractivity (Wildman–Crippen MR) is 101 cm³/mol. The first-order chi connectivity index (χ1) is 12.8. The zero-order valence-electron chi connectivity index (χ0n) is 15.0. The summed E-state index contributed by atoms with van der Waals surface area (Å²) in [5.74, 6) is 0.576. The van der Waals surface area contributed by atoms with Crippen molar-refractivity contribution < 1.29 is 14.4 Å². The summed E-state index contributed by atoms with van der Waals surface area (Å²) >= 11 is 0. The van der Waals surface area contributed by atoms with E-state index in [0.717, 1.165) is 30.6 Å². The van der Waals surface area contributed by atoms with Gasteiger partial charge in [0.15, 0.2) is 6.61 Å². The molecule has 0 aromatic heterocycles. The van der Waals surface area contributed by atoms with Crippen LogP contribution in [-0.4, -0.2) is 25.3 Å². The molecule has 1 atom stereocenters. The molecule has 5 heteroatoms. The fraction of sp³-hybridized carbons (Fsp3) is 0.333. The second-order valence-electron chi connectivity index (χ2n) is 6.19. The quantitative estimate of drug-likeness (QED) is 0.611. The van der Waals surface area contributed by atoms with E-state index in [1.165, 1.54) is 11.1 Å². The maximum Gasteiger partial charge on any atom is 0.261 e. The van der Waals surface area contributed by atoms with Crippen LogP contribution in [0.15, 0.2) is 53.7 Å². The van der Waals surface area contributed by atoms with Crippen molar-refractivity contribution in [3.8, 4) is 5.75 Å². The van der Waals surface area contributed by atoms with Crippen molar-refractivity contribution in [1.82, 2.24) is 5.32 Å². The molecule has 0 heterocycles. The van der Waals surface area contributed by atoms with Gasteiger partial charge in [-0.25, -0.2) is 0 Å². The van der Waals surface area contributed by atoms with Crippen LogP contribution in [0.1, 0.15) is 42.5 Å². The minimum absolute atomic E-state index is 0.0544. The van der Waals surface area contributed by atoms with Crippen LogP contribution in [-0.2, 0) is 16.1 Å². The first-order valence-corrected chi connectivity index (χ1v) is 9.02. The normalized spacial score (nSPS) is 16.1. The maximum atomic E-state index is 12.2. The molecule has 26 heavy (non-hydrogen) atoms. The monoisotopic (exact) mass is 352 g/mol. The number of carbonyl (C=O) groups excluding carboxylic acids is 1. The van der Waals surface area contributed by atoms with Gasteiger partial charge < -0.3 is 14.9 Å². The Balaban J connectivity index is 1.51. The van der Waals surface area contributed by atoms with Gasteiger partial charge >= 0.3 is 0 Å². The Hall–Kier alpha value is -2.82. The van der Waals surface area contributed by atoms with Crippen molar-refractivity contribution in [3.05, 3.63) is 65.2 Å². The number of hydrogen-bond donors (Lipinski definition) is 1. The van der Waals surface area contributed by atoms with Crippen LogP contribution in [0.5, 0.6) is 5.75 Å². The van der Waals surface area contributed by atoms with Gasteiger partial charge in [0.25, 0.3) is 5.91 Å². The van der Waals surface area contributed by atoms with E-state index in [2.05, 4.69) is 22.6 Å². The number of ether oxygens (including phenoxy) is 1. The van der Waals surface area contributed by atoms with Crippen molar-refractivity contribution in [3.63, 3.8) is 0 Å². The smallest absolute Gasteiger partial charge is 0.261 e. The molecule has 0 fully saturated rings. The average molecular weight is 352 g/mol. The highest BCUT2D eigenvalue weighted by atomic mass is 16.6. The summed E-state index contributed by atoms with van der Waals surface area (Å²) in [6, 6.07) is 15.9. The average Bonchev–Trinajstić information content (AvgIpc) is 2.67. The molecule has 2 aromatic rings. The van der Waals surface area contributed by atoms with Gasteiger partial charge in [0, 0.05) is 5.56 Å². The van der Waals surface area contributed by atoms with Crippen molar-refractivity contribution in [1.29, 1.82) is 0 Å². The third-order valence-electron chi connectivity index (χ3n) is 4.39. The Kier molecular flexibility index (Phi) is 6.25. The topological polar surface area (TPSA) is 59.9 Å². The Morgan fingerprint density at radius 3 is 2.92 bits per heavy atom. The van der Waals surface area contributed by atoms with Crippen LogP contribution in [0.3, 0.4) is 0 Å². The minimum atomic E-state index is -0.165. The molecule has 0 bridgehead atoms. The summed E-state index contributed by atoms with van der Waals surface area (Å²) in [4.78, 5) is 17.3. The van der Waals surface area contributed by atoms with Crippen molar-refractivity contribution in [2.75, 3.05) is 13.2 Å². The van der Waals surface area contributed by atoms with Gasteiger partial charge in [-0.05, 0) is 49.4 Å². The highest BCUT2D eigenvalue weighted by Gasteiger charge is 2.21.